The summed E-state index contributed by atoms with van der Waals surface area (Å²) in [6.07, 6.45) is 3.55. The van der Waals surface area contributed by atoms with E-state index in [1.54, 1.807) is 10.9 Å². The second kappa shape index (κ2) is 4.51. The highest BCUT2D eigenvalue weighted by molar-refractivity contribution is 9.10. The molecule has 18 heavy (non-hydrogen) atoms. The van der Waals surface area contributed by atoms with Crippen LogP contribution in [0.4, 0.5) is 0 Å². The van der Waals surface area contributed by atoms with Crippen LogP contribution < -0.4 is 0 Å². The molecule has 0 fully saturated rings. The average Bonchev–Trinajstić information content (AvgIpc) is 2.84. The Morgan fingerprint density at radius 2 is 2.11 bits per heavy atom. The molecule has 2 aromatic heterocycles. The van der Waals surface area contributed by atoms with Crippen LogP contribution in [0, 0.1) is 0 Å². The molecule has 90 valence electrons. The quantitative estimate of drug-likeness (QED) is 0.792. The molecule has 0 unspecified atom stereocenters. The number of aliphatic hydroxyl groups excluding tert-OH is 1. The van der Waals surface area contributed by atoms with E-state index >= 15 is 0 Å². The standard InChI is InChI=1S/C13H10BrN3O/c14-10-6-15-17(7-10)13-12-4-2-1-3-9(12)5-11(8-18)16-13/h1-7,18H,8H2. The van der Waals surface area contributed by atoms with Gasteiger partial charge in [-0.2, -0.15) is 5.10 Å². The van der Waals surface area contributed by atoms with Gasteiger partial charge in [-0.3, -0.25) is 0 Å². The lowest BCUT2D eigenvalue weighted by molar-refractivity contribution is 0.277. The maximum atomic E-state index is 9.27. The fourth-order valence-corrected chi connectivity index (χ4v) is 2.19. The molecule has 4 nitrogen and oxygen atoms in total. The topological polar surface area (TPSA) is 50.9 Å². The fourth-order valence-electron chi connectivity index (χ4n) is 1.91. The van der Waals surface area contributed by atoms with Crippen molar-refractivity contribution in [1.82, 2.24) is 14.8 Å². The van der Waals surface area contributed by atoms with Gasteiger partial charge in [-0.25, -0.2) is 9.67 Å². The SMILES string of the molecule is OCc1cc2ccccc2c(-n2cc(Br)cn2)n1. The van der Waals surface area contributed by atoms with Crippen molar-refractivity contribution in [2.45, 2.75) is 6.61 Å². The summed E-state index contributed by atoms with van der Waals surface area (Å²) in [6.45, 7) is -0.0831. The van der Waals surface area contributed by atoms with E-state index in [1.165, 1.54) is 0 Å². The Morgan fingerprint density at radius 3 is 2.83 bits per heavy atom. The molecule has 1 N–H and O–H groups in total. The molecule has 0 atom stereocenters. The summed E-state index contributed by atoms with van der Waals surface area (Å²) in [7, 11) is 0. The first-order valence-corrected chi connectivity index (χ1v) is 6.27. The number of benzene rings is 1. The van der Waals surface area contributed by atoms with E-state index in [2.05, 4.69) is 26.0 Å². The zero-order valence-electron chi connectivity index (χ0n) is 9.42. The highest BCUT2D eigenvalue weighted by Crippen LogP contribution is 2.22. The summed E-state index contributed by atoms with van der Waals surface area (Å²) in [5, 5.41) is 15.6. The zero-order chi connectivity index (χ0) is 12.5. The monoisotopic (exact) mass is 303 g/mol. The lowest BCUT2D eigenvalue weighted by Crippen LogP contribution is -2.02. The molecular weight excluding hydrogens is 294 g/mol. The van der Waals surface area contributed by atoms with E-state index in [1.807, 2.05) is 36.5 Å². The zero-order valence-corrected chi connectivity index (χ0v) is 11.0. The summed E-state index contributed by atoms with van der Waals surface area (Å²) in [6, 6.07) is 9.81. The highest BCUT2D eigenvalue weighted by Gasteiger charge is 2.08. The second-order valence-electron chi connectivity index (χ2n) is 3.92. The number of aromatic nitrogens is 3. The Balaban J connectivity index is 2.32. The minimum Gasteiger partial charge on any atom is -0.390 e. The van der Waals surface area contributed by atoms with Crippen LogP contribution in [-0.4, -0.2) is 19.9 Å². The van der Waals surface area contributed by atoms with Crippen LogP contribution in [0.3, 0.4) is 0 Å². The number of hydrogen-bond acceptors (Lipinski definition) is 3. The van der Waals surface area contributed by atoms with Crippen molar-refractivity contribution in [2.75, 3.05) is 0 Å². The van der Waals surface area contributed by atoms with Crippen molar-refractivity contribution < 1.29 is 5.11 Å². The Labute approximate surface area is 112 Å². The van der Waals surface area contributed by atoms with Crippen LogP contribution in [-0.2, 0) is 6.61 Å². The van der Waals surface area contributed by atoms with Gasteiger partial charge in [-0.1, -0.05) is 24.3 Å². The molecule has 0 aliphatic carbocycles. The number of rotatable bonds is 2. The van der Waals surface area contributed by atoms with Gasteiger partial charge in [0.15, 0.2) is 5.82 Å². The minimum absolute atomic E-state index is 0.0831. The van der Waals surface area contributed by atoms with Gasteiger partial charge in [0.2, 0.25) is 0 Å². The molecule has 0 radical (unpaired) electrons. The molecule has 3 aromatic rings. The first-order chi connectivity index (χ1) is 8.78. The van der Waals surface area contributed by atoms with Crippen molar-refractivity contribution in [3.63, 3.8) is 0 Å². The van der Waals surface area contributed by atoms with Gasteiger partial charge in [-0.15, -0.1) is 0 Å². The molecule has 0 saturated carbocycles. The molecule has 2 heterocycles. The molecule has 0 bridgehead atoms. The van der Waals surface area contributed by atoms with Crippen molar-refractivity contribution in [3.05, 3.63) is 52.9 Å². The maximum absolute atomic E-state index is 9.27. The molecule has 0 aliphatic heterocycles. The normalized spacial score (nSPS) is 11.0. The van der Waals surface area contributed by atoms with Crippen LogP contribution in [0.2, 0.25) is 0 Å². The largest absolute Gasteiger partial charge is 0.390 e. The number of pyridine rings is 1. The predicted molar refractivity (Wildman–Crippen MR) is 72.5 cm³/mol. The summed E-state index contributed by atoms with van der Waals surface area (Å²) in [5.74, 6) is 0.725. The summed E-state index contributed by atoms with van der Waals surface area (Å²) < 4.78 is 2.59. The molecule has 0 amide bonds. The molecule has 0 aliphatic rings. The van der Waals surface area contributed by atoms with Crippen molar-refractivity contribution in [1.29, 1.82) is 0 Å². The Morgan fingerprint density at radius 1 is 1.28 bits per heavy atom. The fraction of sp³-hybridized carbons (Fsp3) is 0.0769. The van der Waals surface area contributed by atoms with E-state index in [4.69, 9.17) is 0 Å². The maximum Gasteiger partial charge on any atom is 0.161 e. The molecule has 0 saturated heterocycles. The smallest absolute Gasteiger partial charge is 0.161 e. The number of halogens is 1. The third-order valence-corrected chi connectivity index (χ3v) is 3.11. The van der Waals surface area contributed by atoms with E-state index in [0.717, 1.165) is 21.1 Å². The molecule has 3 rings (SSSR count). The van der Waals surface area contributed by atoms with Gasteiger partial charge in [0.1, 0.15) is 0 Å². The first kappa shape index (κ1) is 11.4. The van der Waals surface area contributed by atoms with E-state index in [9.17, 15) is 5.11 Å². The second-order valence-corrected chi connectivity index (χ2v) is 4.84. The minimum atomic E-state index is -0.0831. The Bertz CT molecular complexity index is 708. The van der Waals surface area contributed by atoms with Gasteiger partial charge >= 0.3 is 0 Å². The van der Waals surface area contributed by atoms with Crippen molar-refractivity contribution in [2.24, 2.45) is 0 Å². The van der Waals surface area contributed by atoms with Crippen LogP contribution in [0.1, 0.15) is 5.69 Å². The van der Waals surface area contributed by atoms with Crippen LogP contribution in [0.25, 0.3) is 16.6 Å². The van der Waals surface area contributed by atoms with Crippen molar-refractivity contribution in [3.8, 4) is 5.82 Å². The summed E-state index contributed by atoms with van der Waals surface area (Å²) in [5.41, 5.74) is 0.635. The average molecular weight is 304 g/mol. The molecule has 5 heteroatoms. The Kier molecular flexibility index (Phi) is 2.85. The van der Waals surface area contributed by atoms with Crippen LogP contribution >= 0.6 is 15.9 Å². The predicted octanol–water partition coefficient (Wildman–Crippen LogP) is 2.68. The van der Waals surface area contributed by atoms with Gasteiger partial charge in [0.25, 0.3) is 0 Å². The van der Waals surface area contributed by atoms with Gasteiger partial charge in [0, 0.05) is 11.6 Å². The van der Waals surface area contributed by atoms with Crippen LogP contribution in [0.5, 0.6) is 0 Å². The number of aliphatic hydroxyl groups is 1. The number of fused-ring (bicyclic) bond motifs is 1. The molecular formula is C13H10BrN3O. The van der Waals surface area contributed by atoms with Gasteiger partial charge in [-0.05, 0) is 27.4 Å². The highest BCUT2D eigenvalue weighted by atomic mass is 79.9. The van der Waals surface area contributed by atoms with E-state index in [0.29, 0.717) is 5.69 Å². The van der Waals surface area contributed by atoms with E-state index < -0.39 is 0 Å². The van der Waals surface area contributed by atoms with Crippen LogP contribution in [0.15, 0.2) is 47.2 Å². The van der Waals surface area contributed by atoms with Crippen molar-refractivity contribution >= 4 is 26.7 Å². The van der Waals surface area contributed by atoms with Gasteiger partial charge in [0.05, 0.1) is 23.0 Å². The summed E-state index contributed by atoms with van der Waals surface area (Å²) >= 11 is 3.37. The summed E-state index contributed by atoms with van der Waals surface area (Å²) in [4.78, 5) is 4.43. The molecule has 1 aromatic carbocycles. The number of hydrogen-bond donors (Lipinski definition) is 1. The lowest BCUT2D eigenvalue weighted by atomic mass is 10.1. The van der Waals surface area contributed by atoms with E-state index in [-0.39, 0.29) is 6.61 Å². The number of nitrogens with zero attached hydrogens (tertiary/aromatic N) is 3. The lowest BCUT2D eigenvalue weighted by Gasteiger charge is -2.07. The third-order valence-electron chi connectivity index (χ3n) is 2.70. The Hall–Kier alpha value is -1.72. The van der Waals surface area contributed by atoms with Gasteiger partial charge < -0.3 is 5.11 Å². The first-order valence-electron chi connectivity index (χ1n) is 5.48. The molecule has 0 spiro atoms. The third kappa shape index (κ3) is 1.91.